The van der Waals surface area contributed by atoms with Gasteiger partial charge in [0.1, 0.15) is 35.4 Å². The molecule has 0 saturated heterocycles. The number of nitrogens with zero attached hydrogens (tertiary/aromatic N) is 6. The monoisotopic (exact) mass is 670 g/mol. The second-order valence-electron chi connectivity index (χ2n) is 12.3. The molecule has 9 nitrogen and oxygen atoms in total. The van der Waals surface area contributed by atoms with Crippen LogP contribution in [0.15, 0.2) is 54.6 Å². The van der Waals surface area contributed by atoms with Crippen molar-refractivity contribution in [3.05, 3.63) is 83.1 Å². The molecule has 1 aromatic carbocycles. The first kappa shape index (κ1) is 32.0. The number of halogens is 2. The maximum atomic E-state index is 16.1. The van der Waals surface area contributed by atoms with Gasteiger partial charge in [0.2, 0.25) is 5.91 Å². The van der Waals surface area contributed by atoms with Crippen LogP contribution in [-0.4, -0.2) is 75.4 Å². The Hall–Kier alpha value is -4.52. The Kier molecular flexibility index (Phi) is 8.57. The third-order valence-electron chi connectivity index (χ3n) is 9.38. The number of pyridine rings is 2. The van der Waals surface area contributed by atoms with Gasteiger partial charge in [-0.2, -0.15) is 5.10 Å². The van der Waals surface area contributed by atoms with Gasteiger partial charge < -0.3 is 14.4 Å². The zero-order chi connectivity index (χ0) is 33.7. The molecule has 1 amide bonds. The van der Waals surface area contributed by atoms with Gasteiger partial charge in [-0.05, 0) is 56.1 Å². The van der Waals surface area contributed by atoms with Gasteiger partial charge in [0, 0.05) is 77.9 Å². The average molecular weight is 671 g/mol. The summed E-state index contributed by atoms with van der Waals surface area (Å²) >= 11 is 1.44. The predicted octanol–water partition coefficient (Wildman–Crippen LogP) is 6.66. The Morgan fingerprint density at radius 1 is 1.12 bits per heavy atom. The SMILES string of the molecule is C=CC(=O)N1CCn2nc(-c3nc(-c4cnc5c(c4)CN(C)[C@H](C)C5)c4ccsc4c3-c3c(F)cc(F)cc3OCCOC)cc2C1C. The third kappa shape index (κ3) is 5.57. The van der Waals surface area contributed by atoms with Crippen molar-refractivity contribution in [3.8, 4) is 39.5 Å². The van der Waals surface area contributed by atoms with Crippen molar-refractivity contribution in [3.63, 3.8) is 0 Å². The van der Waals surface area contributed by atoms with E-state index in [0.29, 0.717) is 41.8 Å². The number of carbonyl (C=O) groups is 1. The minimum absolute atomic E-state index is 0.0442. The van der Waals surface area contributed by atoms with Gasteiger partial charge in [0.25, 0.3) is 0 Å². The molecule has 0 N–H and O–H groups in total. The molecular weight excluding hydrogens is 634 g/mol. The third-order valence-corrected chi connectivity index (χ3v) is 10.3. The summed E-state index contributed by atoms with van der Waals surface area (Å²) in [5.74, 6) is -1.65. The first-order chi connectivity index (χ1) is 23.2. The summed E-state index contributed by atoms with van der Waals surface area (Å²) in [5, 5.41) is 7.71. The molecule has 12 heteroatoms. The number of rotatable bonds is 8. The molecule has 0 saturated carbocycles. The topological polar surface area (TPSA) is 85.6 Å². The van der Waals surface area contributed by atoms with Crippen LogP contribution < -0.4 is 4.74 Å². The van der Waals surface area contributed by atoms with E-state index in [2.05, 4.69) is 31.5 Å². The quantitative estimate of drug-likeness (QED) is 0.135. The van der Waals surface area contributed by atoms with Gasteiger partial charge in [-0.3, -0.25) is 19.4 Å². The van der Waals surface area contributed by atoms with Crippen LogP contribution >= 0.6 is 11.3 Å². The van der Waals surface area contributed by atoms with Crippen LogP contribution in [0.4, 0.5) is 8.78 Å². The number of amides is 1. The van der Waals surface area contributed by atoms with Crippen LogP contribution in [0.25, 0.3) is 43.9 Å². The molecule has 0 fully saturated rings. The highest BCUT2D eigenvalue weighted by atomic mass is 32.1. The van der Waals surface area contributed by atoms with Crippen LogP contribution in [0.1, 0.15) is 36.8 Å². The maximum Gasteiger partial charge on any atom is 0.246 e. The lowest BCUT2D eigenvalue weighted by Gasteiger charge is -2.33. The summed E-state index contributed by atoms with van der Waals surface area (Å²) < 4.78 is 44.5. The molecule has 6 heterocycles. The molecule has 0 bridgehead atoms. The molecule has 0 aliphatic carbocycles. The van der Waals surface area contributed by atoms with Gasteiger partial charge in [-0.15, -0.1) is 11.3 Å². The number of ether oxygens (including phenoxy) is 2. The Labute approximate surface area is 281 Å². The highest BCUT2D eigenvalue weighted by molar-refractivity contribution is 7.18. The number of hydrogen-bond donors (Lipinski definition) is 0. The number of aromatic nitrogens is 4. The van der Waals surface area contributed by atoms with Crippen LogP contribution in [-0.2, 0) is 29.0 Å². The molecule has 1 unspecified atom stereocenters. The van der Waals surface area contributed by atoms with Crippen LogP contribution in [0, 0.1) is 11.6 Å². The number of benzene rings is 1. The summed E-state index contributed by atoms with van der Waals surface area (Å²) in [6, 6.07) is 8.17. The van der Waals surface area contributed by atoms with Crippen molar-refractivity contribution in [1.82, 2.24) is 29.5 Å². The number of thiophene rings is 1. The van der Waals surface area contributed by atoms with Gasteiger partial charge in [-0.1, -0.05) is 6.58 Å². The summed E-state index contributed by atoms with van der Waals surface area (Å²) in [5.41, 5.74) is 6.02. The number of carbonyl (C=O) groups excluding carboxylic acids is 1. The zero-order valence-corrected chi connectivity index (χ0v) is 28.1. The second-order valence-corrected chi connectivity index (χ2v) is 13.3. The molecule has 4 aromatic heterocycles. The summed E-state index contributed by atoms with van der Waals surface area (Å²) in [6.07, 6.45) is 4.03. The molecule has 248 valence electrons. The number of likely N-dealkylation sites (N-methyl/N-ethyl adjacent to an activating group) is 1. The van der Waals surface area contributed by atoms with Gasteiger partial charge >= 0.3 is 0 Å². The predicted molar refractivity (Wildman–Crippen MR) is 182 cm³/mol. The Bertz CT molecular complexity index is 2060. The van der Waals surface area contributed by atoms with E-state index in [1.807, 2.05) is 35.3 Å². The smallest absolute Gasteiger partial charge is 0.246 e. The fourth-order valence-electron chi connectivity index (χ4n) is 6.69. The highest BCUT2D eigenvalue weighted by Gasteiger charge is 2.32. The first-order valence-electron chi connectivity index (χ1n) is 15.9. The van der Waals surface area contributed by atoms with Gasteiger partial charge in [0.05, 0.1) is 36.1 Å². The van der Waals surface area contributed by atoms with Crippen molar-refractivity contribution in [1.29, 1.82) is 0 Å². The number of hydrogen-bond acceptors (Lipinski definition) is 8. The van der Waals surface area contributed by atoms with E-state index in [1.165, 1.54) is 30.6 Å². The van der Waals surface area contributed by atoms with E-state index in [-0.39, 0.29) is 36.5 Å². The summed E-state index contributed by atoms with van der Waals surface area (Å²) in [7, 11) is 3.64. The molecule has 5 aromatic rings. The Balaban J connectivity index is 1.47. The molecule has 2 aliphatic rings. The fourth-order valence-corrected chi connectivity index (χ4v) is 7.64. The van der Waals surface area contributed by atoms with E-state index in [4.69, 9.17) is 24.5 Å². The fraction of sp³-hybridized carbons (Fsp3) is 0.333. The van der Waals surface area contributed by atoms with Crippen LogP contribution in [0.5, 0.6) is 5.75 Å². The Morgan fingerprint density at radius 2 is 1.96 bits per heavy atom. The first-order valence-corrected chi connectivity index (χ1v) is 16.8. The molecule has 0 radical (unpaired) electrons. The van der Waals surface area contributed by atoms with E-state index in [0.717, 1.165) is 51.6 Å². The normalized spacial score (nSPS) is 17.8. The summed E-state index contributed by atoms with van der Waals surface area (Å²) in [6.45, 7) is 9.83. The lowest BCUT2D eigenvalue weighted by Crippen LogP contribution is -2.40. The Morgan fingerprint density at radius 3 is 2.75 bits per heavy atom. The zero-order valence-electron chi connectivity index (χ0n) is 27.3. The lowest BCUT2D eigenvalue weighted by atomic mass is 9.95. The highest BCUT2D eigenvalue weighted by Crippen LogP contribution is 2.47. The lowest BCUT2D eigenvalue weighted by molar-refractivity contribution is -0.129. The van der Waals surface area contributed by atoms with Crippen LogP contribution in [0.3, 0.4) is 0 Å². The summed E-state index contributed by atoms with van der Waals surface area (Å²) in [4.78, 5) is 26.8. The molecule has 0 spiro atoms. The average Bonchev–Trinajstić information content (AvgIpc) is 3.73. The van der Waals surface area contributed by atoms with Crippen molar-refractivity contribution in [2.45, 2.75) is 45.4 Å². The minimum atomic E-state index is -0.777. The molecule has 48 heavy (non-hydrogen) atoms. The molecule has 2 atom stereocenters. The largest absolute Gasteiger partial charge is 0.490 e. The van der Waals surface area contributed by atoms with Crippen molar-refractivity contribution < 1.29 is 23.0 Å². The minimum Gasteiger partial charge on any atom is -0.490 e. The van der Waals surface area contributed by atoms with E-state index in [9.17, 15) is 9.18 Å². The number of methoxy groups -OCH3 is 1. The van der Waals surface area contributed by atoms with E-state index < -0.39 is 11.6 Å². The van der Waals surface area contributed by atoms with Gasteiger partial charge in [-0.25, -0.2) is 13.8 Å². The maximum absolute atomic E-state index is 16.1. The standard InChI is InChI=1S/C36H36F2N6O3S/c1-6-31(45)43-8-9-44-29(21(43)3)17-28(41-44)35-33(32-26(38)15-24(37)16-30(32)47-11-10-46-5)36-25(7-12-48-36)34(40-35)22-14-23-19-42(4)20(2)13-27(23)39-18-22/h6-7,12,14-18,20-21H,1,8-11,13,19H2,2-5H3/t20-,21?/m1/s1. The van der Waals surface area contributed by atoms with E-state index >= 15 is 4.39 Å². The molecular formula is C36H36F2N6O3S. The number of fused-ring (bicyclic) bond motifs is 3. The molecule has 7 rings (SSSR count). The van der Waals surface area contributed by atoms with Crippen molar-refractivity contribution in [2.24, 2.45) is 0 Å². The van der Waals surface area contributed by atoms with E-state index in [1.54, 1.807) is 4.90 Å². The van der Waals surface area contributed by atoms with Crippen LogP contribution in [0.2, 0.25) is 0 Å². The molecule has 2 aliphatic heterocycles. The van der Waals surface area contributed by atoms with Crippen molar-refractivity contribution in [2.75, 3.05) is 33.9 Å². The van der Waals surface area contributed by atoms with Crippen molar-refractivity contribution >= 4 is 27.3 Å². The second kappa shape index (κ2) is 12.8. The van der Waals surface area contributed by atoms with Gasteiger partial charge in [0.15, 0.2) is 0 Å².